The van der Waals surface area contributed by atoms with Crippen molar-refractivity contribution >= 4 is 17.2 Å². The summed E-state index contributed by atoms with van der Waals surface area (Å²) in [5.41, 5.74) is 3.92. The van der Waals surface area contributed by atoms with Crippen LogP contribution < -0.4 is 10.1 Å². The Morgan fingerprint density at radius 1 is 1.04 bits per heavy atom. The fourth-order valence-corrected chi connectivity index (χ4v) is 2.85. The van der Waals surface area contributed by atoms with Crippen LogP contribution in [0.25, 0.3) is 16.8 Å². The fourth-order valence-electron chi connectivity index (χ4n) is 2.85. The molecule has 1 N–H and O–H groups in total. The molecule has 0 spiro atoms. The molecule has 2 aromatic carbocycles. The van der Waals surface area contributed by atoms with E-state index in [1.165, 1.54) is 0 Å². The monoisotopic (exact) mass is 359 g/mol. The van der Waals surface area contributed by atoms with Crippen LogP contribution in [0.1, 0.15) is 16.2 Å². The Labute approximate surface area is 155 Å². The summed E-state index contributed by atoms with van der Waals surface area (Å²) in [6.45, 7) is 1.80. The number of methoxy groups -OCH3 is 1. The second-order valence-corrected chi connectivity index (χ2v) is 5.98. The second kappa shape index (κ2) is 6.87. The average Bonchev–Trinajstić information content (AvgIpc) is 3.14. The Bertz CT molecular complexity index is 1100. The number of hydrogen-bond acceptors (Lipinski definition) is 5. The third kappa shape index (κ3) is 3.10. The highest BCUT2D eigenvalue weighted by Gasteiger charge is 2.18. The third-order valence-electron chi connectivity index (χ3n) is 4.30. The first-order valence-electron chi connectivity index (χ1n) is 8.39. The summed E-state index contributed by atoms with van der Waals surface area (Å²) in [6.07, 6.45) is 1.72. The third-order valence-corrected chi connectivity index (χ3v) is 4.30. The van der Waals surface area contributed by atoms with Gasteiger partial charge in [0, 0.05) is 11.3 Å². The summed E-state index contributed by atoms with van der Waals surface area (Å²) in [5, 5.41) is 15.6. The van der Waals surface area contributed by atoms with Crippen LogP contribution in [0.4, 0.5) is 5.69 Å². The molecule has 0 aliphatic rings. The summed E-state index contributed by atoms with van der Waals surface area (Å²) in [6, 6.07) is 16.8. The van der Waals surface area contributed by atoms with E-state index in [2.05, 4.69) is 20.6 Å². The number of hydrogen-bond donors (Lipinski definition) is 1. The van der Waals surface area contributed by atoms with E-state index in [0.29, 0.717) is 17.0 Å². The Kier molecular flexibility index (Phi) is 4.25. The molecular weight excluding hydrogens is 342 g/mol. The standard InChI is InChI=1S/C20H17N5O2/c1-13-18(20(26)22-15-6-4-3-5-7-15)23-24-19-17(12-21-25(13)19)14-8-10-16(27-2)11-9-14/h3-12H,1-2H3,(H,22,26). The lowest BCUT2D eigenvalue weighted by molar-refractivity contribution is 0.102. The van der Waals surface area contributed by atoms with E-state index in [1.807, 2.05) is 54.6 Å². The van der Waals surface area contributed by atoms with Crippen LogP contribution in [-0.2, 0) is 0 Å². The van der Waals surface area contributed by atoms with Crippen molar-refractivity contribution in [3.63, 3.8) is 0 Å². The van der Waals surface area contributed by atoms with Crippen LogP contribution in [0.5, 0.6) is 5.75 Å². The predicted octanol–water partition coefficient (Wildman–Crippen LogP) is 3.36. The number of anilines is 1. The smallest absolute Gasteiger partial charge is 0.278 e. The highest BCUT2D eigenvalue weighted by Crippen LogP contribution is 2.26. The quantitative estimate of drug-likeness (QED) is 0.604. The number of fused-ring (bicyclic) bond motifs is 1. The molecule has 0 bridgehead atoms. The number of benzene rings is 2. The molecule has 0 saturated heterocycles. The van der Waals surface area contributed by atoms with Crippen molar-refractivity contribution in [3.05, 3.63) is 72.2 Å². The van der Waals surface area contributed by atoms with Crippen molar-refractivity contribution in [1.82, 2.24) is 19.8 Å². The number of carbonyl (C=O) groups is 1. The minimum atomic E-state index is -0.324. The van der Waals surface area contributed by atoms with Gasteiger partial charge in [-0.05, 0) is 36.8 Å². The summed E-state index contributed by atoms with van der Waals surface area (Å²) < 4.78 is 6.82. The van der Waals surface area contributed by atoms with Crippen LogP contribution in [0.2, 0.25) is 0 Å². The SMILES string of the molecule is COc1ccc(-c2cnn3c(C)c(C(=O)Nc4ccccc4)nnc23)cc1. The van der Waals surface area contributed by atoms with Crippen LogP contribution in [0.3, 0.4) is 0 Å². The number of nitrogens with one attached hydrogen (secondary N) is 1. The summed E-state index contributed by atoms with van der Waals surface area (Å²) >= 11 is 0. The van der Waals surface area contributed by atoms with Crippen molar-refractivity contribution in [3.8, 4) is 16.9 Å². The average molecular weight is 359 g/mol. The van der Waals surface area contributed by atoms with Gasteiger partial charge >= 0.3 is 0 Å². The number of aromatic nitrogens is 4. The van der Waals surface area contributed by atoms with Gasteiger partial charge in [-0.1, -0.05) is 30.3 Å². The topological polar surface area (TPSA) is 81.4 Å². The van der Waals surface area contributed by atoms with Crippen LogP contribution in [0.15, 0.2) is 60.8 Å². The molecule has 0 saturated carbocycles. The van der Waals surface area contributed by atoms with Gasteiger partial charge in [0.1, 0.15) is 5.75 Å². The number of carbonyl (C=O) groups excluding carboxylic acids is 1. The van der Waals surface area contributed by atoms with Crippen LogP contribution in [-0.4, -0.2) is 32.8 Å². The zero-order chi connectivity index (χ0) is 18.8. The Balaban J connectivity index is 1.69. The van der Waals surface area contributed by atoms with E-state index in [9.17, 15) is 4.79 Å². The molecule has 0 unspecified atom stereocenters. The Hall–Kier alpha value is -3.74. The molecule has 27 heavy (non-hydrogen) atoms. The molecule has 0 fully saturated rings. The van der Waals surface area contributed by atoms with Gasteiger partial charge in [-0.2, -0.15) is 5.10 Å². The molecule has 0 aliphatic heterocycles. The molecule has 0 aliphatic carbocycles. The normalized spacial score (nSPS) is 10.7. The minimum Gasteiger partial charge on any atom is -0.497 e. The molecule has 2 aromatic heterocycles. The van der Waals surface area contributed by atoms with Crippen LogP contribution >= 0.6 is 0 Å². The summed E-state index contributed by atoms with van der Waals surface area (Å²) in [4.78, 5) is 12.6. The Morgan fingerprint density at radius 3 is 2.48 bits per heavy atom. The van der Waals surface area contributed by atoms with Crippen molar-refractivity contribution < 1.29 is 9.53 Å². The molecule has 134 valence electrons. The first kappa shape index (κ1) is 16.7. The highest BCUT2D eigenvalue weighted by molar-refractivity contribution is 6.03. The number of rotatable bonds is 4. The van der Waals surface area contributed by atoms with Crippen molar-refractivity contribution in [1.29, 1.82) is 0 Å². The first-order chi connectivity index (χ1) is 13.2. The molecule has 1 amide bonds. The molecule has 0 atom stereocenters. The maximum atomic E-state index is 12.6. The van der Waals surface area contributed by atoms with Gasteiger partial charge < -0.3 is 10.1 Å². The van der Waals surface area contributed by atoms with Gasteiger partial charge in [0.25, 0.3) is 5.91 Å². The molecular formula is C20H17N5O2. The van der Waals surface area contributed by atoms with Gasteiger partial charge in [0.05, 0.1) is 19.0 Å². The van der Waals surface area contributed by atoms with Crippen LogP contribution in [0, 0.1) is 6.92 Å². The lowest BCUT2D eigenvalue weighted by Crippen LogP contribution is -2.18. The predicted molar refractivity (Wildman–Crippen MR) is 102 cm³/mol. The molecule has 7 heteroatoms. The van der Waals surface area contributed by atoms with Gasteiger partial charge in [0.15, 0.2) is 11.3 Å². The summed E-state index contributed by atoms with van der Waals surface area (Å²) in [5.74, 6) is 0.451. The number of amides is 1. The van der Waals surface area contributed by atoms with E-state index < -0.39 is 0 Å². The first-order valence-corrected chi connectivity index (χ1v) is 8.39. The number of para-hydroxylation sites is 1. The lowest BCUT2D eigenvalue weighted by Gasteiger charge is -2.08. The molecule has 4 rings (SSSR count). The zero-order valence-electron chi connectivity index (χ0n) is 14.9. The largest absolute Gasteiger partial charge is 0.497 e. The molecule has 7 nitrogen and oxygen atoms in total. The fraction of sp³-hybridized carbons (Fsp3) is 0.100. The minimum absolute atomic E-state index is 0.232. The van der Waals surface area contributed by atoms with Gasteiger partial charge in [-0.15, -0.1) is 10.2 Å². The number of aryl methyl sites for hydroxylation is 1. The van der Waals surface area contributed by atoms with Crippen molar-refractivity contribution in [2.24, 2.45) is 0 Å². The molecule has 4 aromatic rings. The van der Waals surface area contributed by atoms with E-state index >= 15 is 0 Å². The number of nitrogens with zero attached hydrogens (tertiary/aromatic N) is 4. The maximum absolute atomic E-state index is 12.6. The maximum Gasteiger partial charge on any atom is 0.278 e. The van der Waals surface area contributed by atoms with E-state index in [4.69, 9.17) is 4.74 Å². The van der Waals surface area contributed by atoms with E-state index in [0.717, 1.165) is 16.9 Å². The molecule has 0 radical (unpaired) electrons. The highest BCUT2D eigenvalue weighted by atomic mass is 16.5. The van der Waals surface area contributed by atoms with Gasteiger partial charge in [-0.25, -0.2) is 4.52 Å². The van der Waals surface area contributed by atoms with E-state index in [-0.39, 0.29) is 11.6 Å². The van der Waals surface area contributed by atoms with Crippen molar-refractivity contribution in [2.45, 2.75) is 6.92 Å². The zero-order valence-corrected chi connectivity index (χ0v) is 14.9. The number of ether oxygens (including phenoxy) is 1. The molecule has 2 heterocycles. The second-order valence-electron chi connectivity index (χ2n) is 5.98. The lowest BCUT2D eigenvalue weighted by atomic mass is 10.1. The van der Waals surface area contributed by atoms with E-state index in [1.54, 1.807) is 24.7 Å². The van der Waals surface area contributed by atoms with Gasteiger partial charge in [-0.3, -0.25) is 4.79 Å². The Morgan fingerprint density at radius 2 is 1.78 bits per heavy atom. The van der Waals surface area contributed by atoms with Crippen molar-refractivity contribution in [2.75, 3.05) is 12.4 Å². The summed E-state index contributed by atoms with van der Waals surface area (Å²) in [7, 11) is 1.63. The van der Waals surface area contributed by atoms with Gasteiger partial charge in [0.2, 0.25) is 0 Å².